The number of carbonyl (C=O) groups is 1. The van der Waals surface area contributed by atoms with Crippen molar-refractivity contribution >= 4 is 17.7 Å². The van der Waals surface area contributed by atoms with Gasteiger partial charge in [-0.15, -0.1) is 0 Å². The van der Waals surface area contributed by atoms with Crippen LogP contribution >= 0.6 is 11.8 Å². The molecule has 0 bridgehead atoms. The van der Waals surface area contributed by atoms with E-state index < -0.39 is 11.0 Å². The summed E-state index contributed by atoms with van der Waals surface area (Å²) in [6.45, 7) is 9.45. The standard InChI is InChI=1S/C11H22N2OS/c1-10(2,11(3,4)12)9(14)13-5-7-15-8-6-13/h5-8,12H2,1-4H3. The molecule has 1 saturated heterocycles. The van der Waals surface area contributed by atoms with E-state index in [9.17, 15) is 4.79 Å². The minimum absolute atomic E-state index is 0.190. The monoisotopic (exact) mass is 230 g/mol. The number of nitrogens with zero attached hydrogens (tertiary/aromatic N) is 1. The molecule has 0 unspecified atom stereocenters. The van der Waals surface area contributed by atoms with Crippen LogP contribution in [0.3, 0.4) is 0 Å². The molecule has 1 heterocycles. The van der Waals surface area contributed by atoms with Crippen molar-refractivity contribution in [3.05, 3.63) is 0 Å². The molecular formula is C11H22N2OS. The number of carbonyl (C=O) groups excluding carboxylic acids is 1. The average Bonchev–Trinajstić information content (AvgIpc) is 2.16. The van der Waals surface area contributed by atoms with Crippen molar-refractivity contribution < 1.29 is 4.79 Å². The van der Waals surface area contributed by atoms with Crippen LogP contribution in [0.5, 0.6) is 0 Å². The Morgan fingerprint density at radius 2 is 1.67 bits per heavy atom. The lowest BCUT2D eigenvalue weighted by Gasteiger charge is -2.41. The Morgan fingerprint density at radius 3 is 2.07 bits per heavy atom. The van der Waals surface area contributed by atoms with E-state index >= 15 is 0 Å². The third kappa shape index (κ3) is 2.67. The Balaban J connectivity index is 2.74. The highest BCUT2D eigenvalue weighted by molar-refractivity contribution is 7.99. The fourth-order valence-electron chi connectivity index (χ4n) is 1.44. The Morgan fingerprint density at radius 1 is 1.20 bits per heavy atom. The van der Waals surface area contributed by atoms with Crippen LogP contribution < -0.4 is 5.73 Å². The van der Waals surface area contributed by atoms with Gasteiger partial charge in [-0.05, 0) is 27.7 Å². The number of hydrogen-bond donors (Lipinski definition) is 1. The van der Waals surface area contributed by atoms with Gasteiger partial charge in [-0.2, -0.15) is 11.8 Å². The van der Waals surface area contributed by atoms with Crippen molar-refractivity contribution in [3.63, 3.8) is 0 Å². The average molecular weight is 230 g/mol. The fourth-order valence-corrected chi connectivity index (χ4v) is 2.34. The smallest absolute Gasteiger partial charge is 0.230 e. The second-order valence-electron chi connectivity index (χ2n) is 5.25. The minimum Gasteiger partial charge on any atom is -0.341 e. The first-order chi connectivity index (χ1) is 6.77. The lowest BCUT2D eigenvalue weighted by Crippen LogP contribution is -2.57. The predicted octanol–water partition coefficient (Wildman–Crippen LogP) is 1.33. The maximum absolute atomic E-state index is 12.3. The molecule has 2 N–H and O–H groups in total. The van der Waals surface area contributed by atoms with Crippen LogP contribution in [-0.2, 0) is 4.79 Å². The second-order valence-corrected chi connectivity index (χ2v) is 6.48. The molecule has 0 aliphatic carbocycles. The highest BCUT2D eigenvalue weighted by atomic mass is 32.2. The fraction of sp³-hybridized carbons (Fsp3) is 0.909. The molecule has 0 aromatic rings. The lowest BCUT2D eigenvalue weighted by molar-refractivity contribution is -0.143. The Hall–Kier alpha value is -0.220. The Labute approximate surface area is 96.8 Å². The van der Waals surface area contributed by atoms with Gasteiger partial charge in [-0.25, -0.2) is 0 Å². The van der Waals surface area contributed by atoms with Crippen molar-refractivity contribution in [1.82, 2.24) is 4.90 Å². The number of rotatable bonds is 2. The van der Waals surface area contributed by atoms with Crippen molar-refractivity contribution in [2.24, 2.45) is 11.1 Å². The predicted molar refractivity (Wildman–Crippen MR) is 66.0 cm³/mol. The van der Waals surface area contributed by atoms with Gasteiger partial charge in [-0.3, -0.25) is 4.79 Å². The summed E-state index contributed by atoms with van der Waals surface area (Å²) >= 11 is 1.91. The van der Waals surface area contributed by atoms with Crippen molar-refractivity contribution in [3.8, 4) is 0 Å². The van der Waals surface area contributed by atoms with Gasteiger partial charge in [0.1, 0.15) is 0 Å². The summed E-state index contributed by atoms with van der Waals surface area (Å²) in [5.41, 5.74) is 5.10. The van der Waals surface area contributed by atoms with Gasteiger partial charge < -0.3 is 10.6 Å². The molecule has 0 aromatic heterocycles. The summed E-state index contributed by atoms with van der Waals surface area (Å²) in [6.07, 6.45) is 0. The SMILES string of the molecule is CC(C)(N)C(C)(C)C(=O)N1CCSCC1. The first-order valence-electron chi connectivity index (χ1n) is 5.43. The second kappa shape index (κ2) is 4.34. The number of amides is 1. The van der Waals surface area contributed by atoms with Gasteiger partial charge in [0.2, 0.25) is 5.91 Å². The van der Waals surface area contributed by atoms with E-state index in [1.54, 1.807) is 0 Å². The number of thioether (sulfide) groups is 1. The van der Waals surface area contributed by atoms with Gasteiger partial charge in [0, 0.05) is 30.1 Å². The summed E-state index contributed by atoms with van der Waals surface area (Å²) < 4.78 is 0. The zero-order valence-electron chi connectivity index (χ0n) is 10.2. The Bertz CT molecular complexity index is 239. The molecule has 0 spiro atoms. The molecule has 88 valence electrons. The van der Waals surface area contributed by atoms with Crippen LogP contribution in [0.25, 0.3) is 0 Å². The molecule has 0 saturated carbocycles. The van der Waals surface area contributed by atoms with E-state index in [1.807, 2.05) is 44.4 Å². The molecule has 1 aliphatic heterocycles. The minimum atomic E-state index is -0.491. The summed E-state index contributed by atoms with van der Waals surface area (Å²) in [5.74, 6) is 2.29. The summed E-state index contributed by atoms with van der Waals surface area (Å²) in [5, 5.41) is 0. The van der Waals surface area contributed by atoms with Crippen molar-refractivity contribution in [2.75, 3.05) is 24.6 Å². The molecule has 1 rings (SSSR count). The highest BCUT2D eigenvalue weighted by Crippen LogP contribution is 2.31. The van der Waals surface area contributed by atoms with Crippen LogP contribution in [0.4, 0.5) is 0 Å². The molecule has 0 aromatic carbocycles. The van der Waals surface area contributed by atoms with E-state index in [0.29, 0.717) is 0 Å². The van der Waals surface area contributed by atoms with Gasteiger partial charge in [0.25, 0.3) is 0 Å². The molecule has 0 atom stereocenters. The van der Waals surface area contributed by atoms with E-state index in [1.165, 1.54) is 0 Å². The molecular weight excluding hydrogens is 208 g/mol. The van der Waals surface area contributed by atoms with E-state index in [-0.39, 0.29) is 5.91 Å². The van der Waals surface area contributed by atoms with Crippen LogP contribution in [0.1, 0.15) is 27.7 Å². The molecule has 4 heteroatoms. The first-order valence-corrected chi connectivity index (χ1v) is 6.58. The van der Waals surface area contributed by atoms with E-state index in [4.69, 9.17) is 5.73 Å². The number of nitrogens with two attached hydrogens (primary N) is 1. The normalized spacial score (nSPS) is 19.1. The molecule has 1 fully saturated rings. The topological polar surface area (TPSA) is 46.3 Å². The molecule has 3 nitrogen and oxygen atoms in total. The number of hydrogen-bond acceptors (Lipinski definition) is 3. The summed E-state index contributed by atoms with van der Waals surface area (Å²) in [4.78, 5) is 14.3. The van der Waals surface area contributed by atoms with Crippen LogP contribution in [0, 0.1) is 5.41 Å². The van der Waals surface area contributed by atoms with Crippen LogP contribution in [0.15, 0.2) is 0 Å². The summed E-state index contributed by atoms with van der Waals surface area (Å²) in [7, 11) is 0. The Kier molecular flexibility index (Phi) is 3.71. The van der Waals surface area contributed by atoms with E-state index in [2.05, 4.69) is 0 Å². The van der Waals surface area contributed by atoms with Crippen LogP contribution in [-0.4, -0.2) is 40.9 Å². The molecule has 15 heavy (non-hydrogen) atoms. The van der Waals surface area contributed by atoms with Crippen molar-refractivity contribution in [2.45, 2.75) is 33.2 Å². The van der Waals surface area contributed by atoms with Gasteiger partial charge in [0.05, 0.1) is 5.41 Å². The maximum atomic E-state index is 12.3. The zero-order chi connectivity index (χ0) is 11.7. The highest BCUT2D eigenvalue weighted by Gasteiger charge is 2.42. The van der Waals surface area contributed by atoms with Gasteiger partial charge in [-0.1, -0.05) is 0 Å². The van der Waals surface area contributed by atoms with Crippen LogP contribution in [0.2, 0.25) is 0 Å². The van der Waals surface area contributed by atoms with Crippen molar-refractivity contribution in [1.29, 1.82) is 0 Å². The largest absolute Gasteiger partial charge is 0.341 e. The third-order valence-corrected chi connectivity index (χ3v) is 4.39. The molecule has 0 radical (unpaired) electrons. The lowest BCUT2D eigenvalue weighted by atomic mass is 9.74. The first kappa shape index (κ1) is 12.8. The molecule has 1 amide bonds. The van der Waals surface area contributed by atoms with Gasteiger partial charge >= 0.3 is 0 Å². The third-order valence-electron chi connectivity index (χ3n) is 3.44. The zero-order valence-corrected chi connectivity index (χ0v) is 11.0. The van der Waals surface area contributed by atoms with Gasteiger partial charge in [0.15, 0.2) is 0 Å². The van der Waals surface area contributed by atoms with E-state index in [0.717, 1.165) is 24.6 Å². The molecule has 1 aliphatic rings. The maximum Gasteiger partial charge on any atom is 0.230 e. The quantitative estimate of drug-likeness (QED) is 0.778. The summed E-state index contributed by atoms with van der Waals surface area (Å²) in [6, 6.07) is 0.